The van der Waals surface area contributed by atoms with Crippen LogP contribution in [0.2, 0.25) is 0 Å². The van der Waals surface area contributed by atoms with Gasteiger partial charge in [0.15, 0.2) is 0 Å². The Morgan fingerprint density at radius 1 is 1.56 bits per heavy atom. The fraction of sp³-hybridized carbons (Fsp3) is 0.800. The number of rotatable bonds is 5. The molecule has 4 heteroatoms. The Kier molecular flexibility index (Phi) is 7.55. The molecule has 0 saturated heterocycles. The van der Waals surface area contributed by atoms with Crippen LogP contribution in [0.4, 0.5) is 0 Å². The summed E-state index contributed by atoms with van der Waals surface area (Å²) in [5.41, 5.74) is 0. The molecule has 0 aliphatic rings. The van der Waals surface area contributed by atoms with Crippen LogP contribution in [0.1, 0.15) is 0 Å². The van der Waals surface area contributed by atoms with Crippen molar-refractivity contribution in [1.29, 1.82) is 5.26 Å². The highest BCUT2D eigenvalue weighted by atomic mass is 32.2. The fourth-order valence-electron chi connectivity index (χ4n) is 0.313. The summed E-state index contributed by atoms with van der Waals surface area (Å²) in [6.07, 6.45) is 0. The molecular weight excluding hydrogens is 138 g/mol. The van der Waals surface area contributed by atoms with E-state index in [0.29, 0.717) is 19.0 Å². The van der Waals surface area contributed by atoms with Gasteiger partial charge >= 0.3 is 0 Å². The Labute approximate surface area is 58.6 Å². The standard InChI is InChI=1S/C5H9NO2S/c6-5-9-4-3-8-2-1-7/h7H,1-4H2. The van der Waals surface area contributed by atoms with Crippen molar-refractivity contribution < 1.29 is 9.84 Å². The van der Waals surface area contributed by atoms with Crippen LogP contribution in [0.3, 0.4) is 0 Å². The summed E-state index contributed by atoms with van der Waals surface area (Å²) >= 11 is 1.16. The second kappa shape index (κ2) is 7.76. The zero-order valence-electron chi connectivity index (χ0n) is 5.04. The van der Waals surface area contributed by atoms with E-state index in [1.807, 2.05) is 5.40 Å². The Morgan fingerprint density at radius 3 is 2.89 bits per heavy atom. The SMILES string of the molecule is N#CSCCOCCO. The molecule has 3 nitrogen and oxygen atoms in total. The first-order valence-corrected chi connectivity index (χ1v) is 3.60. The minimum atomic E-state index is 0.0528. The van der Waals surface area contributed by atoms with E-state index in [1.54, 1.807) is 0 Å². The third-order valence-corrected chi connectivity index (χ3v) is 1.13. The van der Waals surface area contributed by atoms with Crippen molar-refractivity contribution in [1.82, 2.24) is 0 Å². The maximum atomic E-state index is 8.23. The molecule has 0 unspecified atom stereocenters. The largest absolute Gasteiger partial charge is 0.394 e. The number of thioether (sulfide) groups is 1. The first-order chi connectivity index (χ1) is 4.41. The Hall–Kier alpha value is -0.240. The van der Waals surface area contributed by atoms with Gasteiger partial charge in [-0.2, -0.15) is 5.26 Å². The number of nitrogens with zero attached hydrogens (tertiary/aromatic N) is 1. The number of hydrogen-bond donors (Lipinski definition) is 1. The van der Waals surface area contributed by atoms with Gasteiger partial charge in [-0.05, 0) is 11.8 Å². The highest BCUT2D eigenvalue weighted by molar-refractivity contribution is 8.03. The van der Waals surface area contributed by atoms with Crippen LogP contribution in [0.15, 0.2) is 0 Å². The summed E-state index contributed by atoms with van der Waals surface area (Å²) in [6, 6.07) is 0. The van der Waals surface area contributed by atoms with Crippen LogP contribution in [0.5, 0.6) is 0 Å². The molecular formula is C5H9NO2S. The fourth-order valence-corrected chi connectivity index (χ4v) is 0.605. The average molecular weight is 147 g/mol. The lowest BCUT2D eigenvalue weighted by Gasteiger charge is -1.96. The van der Waals surface area contributed by atoms with Gasteiger partial charge in [-0.1, -0.05) is 0 Å². The first-order valence-electron chi connectivity index (χ1n) is 2.61. The van der Waals surface area contributed by atoms with Gasteiger partial charge in [0.25, 0.3) is 0 Å². The van der Waals surface area contributed by atoms with Gasteiger partial charge < -0.3 is 9.84 Å². The molecule has 0 aliphatic carbocycles. The third kappa shape index (κ3) is 7.76. The first kappa shape index (κ1) is 8.76. The molecule has 52 valence electrons. The second-order valence-electron chi connectivity index (χ2n) is 1.28. The molecule has 0 aromatic heterocycles. The van der Waals surface area contributed by atoms with Crippen LogP contribution in [-0.4, -0.2) is 30.7 Å². The van der Waals surface area contributed by atoms with Crippen molar-refractivity contribution in [3.05, 3.63) is 0 Å². The van der Waals surface area contributed by atoms with E-state index in [9.17, 15) is 0 Å². The number of aliphatic hydroxyl groups is 1. The number of hydrogen-bond acceptors (Lipinski definition) is 4. The van der Waals surface area contributed by atoms with Crippen molar-refractivity contribution in [2.75, 3.05) is 25.6 Å². The monoisotopic (exact) mass is 147 g/mol. The molecule has 0 aromatic carbocycles. The second-order valence-corrected chi connectivity index (χ2v) is 2.16. The van der Waals surface area contributed by atoms with E-state index < -0.39 is 0 Å². The smallest absolute Gasteiger partial charge is 0.133 e. The van der Waals surface area contributed by atoms with Crippen molar-refractivity contribution in [3.63, 3.8) is 0 Å². The zero-order valence-corrected chi connectivity index (χ0v) is 5.86. The van der Waals surface area contributed by atoms with E-state index in [0.717, 1.165) is 11.8 Å². The molecule has 0 bridgehead atoms. The molecule has 9 heavy (non-hydrogen) atoms. The lowest BCUT2D eigenvalue weighted by atomic mass is 10.7. The average Bonchev–Trinajstić information content (AvgIpc) is 1.89. The normalized spacial score (nSPS) is 8.89. The van der Waals surface area contributed by atoms with Crippen molar-refractivity contribution >= 4 is 11.8 Å². The summed E-state index contributed by atoms with van der Waals surface area (Å²) in [5.74, 6) is 0.677. The Morgan fingerprint density at radius 2 is 2.33 bits per heavy atom. The molecule has 0 fully saturated rings. The summed E-state index contributed by atoms with van der Waals surface area (Å²) in [7, 11) is 0. The minimum Gasteiger partial charge on any atom is -0.394 e. The molecule has 0 atom stereocenters. The number of ether oxygens (including phenoxy) is 1. The number of nitriles is 1. The van der Waals surface area contributed by atoms with Gasteiger partial charge in [0, 0.05) is 5.75 Å². The molecule has 0 spiro atoms. The molecule has 0 saturated carbocycles. The molecule has 0 rings (SSSR count). The van der Waals surface area contributed by atoms with Gasteiger partial charge in [-0.25, -0.2) is 0 Å². The highest BCUT2D eigenvalue weighted by Gasteiger charge is 1.85. The molecule has 0 aromatic rings. The van der Waals surface area contributed by atoms with Crippen LogP contribution in [0.25, 0.3) is 0 Å². The maximum absolute atomic E-state index is 8.23. The Balaban J connectivity index is 2.69. The van der Waals surface area contributed by atoms with Crippen molar-refractivity contribution in [3.8, 4) is 5.40 Å². The van der Waals surface area contributed by atoms with E-state index >= 15 is 0 Å². The lowest BCUT2D eigenvalue weighted by molar-refractivity contribution is 0.103. The summed E-state index contributed by atoms with van der Waals surface area (Å²) in [5, 5.41) is 18.2. The van der Waals surface area contributed by atoms with Gasteiger partial charge in [-0.15, -0.1) is 0 Å². The zero-order chi connectivity index (χ0) is 6.95. The predicted molar refractivity (Wildman–Crippen MR) is 36.0 cm³/mol. The lowest BCUT2D eigenvalue weighted by Crippen LogP contribution is -2.01. The molecule has 0 radical (unpaired) electrons. The molecule has 0 heterocycles. The van der Waals surface area contributed by atoms with E-state index in [-0.39, 0.29) is 6.61 Å². The van der Waals surface area contributed by atoms with Crippen molar-refractivity contribution in [2.24, 2.45) is 0 Å². The molecule has 1 N–H and O–H groups in total. The molecule has 0 aliphatic heterocycles. The number of aliphatic hydroxyl groups excluding tert-OH is 1. The van der Waals surface area contributed by atoms with E-state index in [2.05, 4.69) is 0 Å². The third-order valence-electron chi connectivity index (χ3n) is 0.630. The number of thiocyanates is 1. The Bertz CT molecular complexity index is 91.4. The van der Waals surface area contributed by atoms with Gasteiger partial charge in [0.1, 0.15) is 5.40 Å². The summed E-state index contributed by atoms with van der Waals surface area (Å²) in [6.45, 7) is 0.960. The molecule has 0 amide bonds. The van der Waals surface area contributed by atoms with Crippen LogP contribution < -0.4 is 0 Å². The quantitative estimate of drug-likeness (QED) is 0.446. The highest BCUT2D eigenvalue weighted by Crippen LogP contribution is 1.93. The van der Waals surface area contributed by atoms with Crippen LogP contribution in [0, 0.1) is 10.7 Å². The van der Waals surface area contributed by atoms with Crippen LogP contribution in [-0.2, 0) is 4.74 Å². The van der Waals surface area contributed by atoms with Crippen LogP contribution >= 0.6 is 11.8 Å². The van der Waals surface area contributed by atoms with Gasteiger partial charge in [0.05, 0.1) is 19.8 Å². The summed E-state index contributed by atoms with van der Waals surface area (Å²) < 4.78 is 4.86. The van der Waals surface area contributed by atoms with E-state index in [1.165, 1.54) is 0 Å². The summed E-state index contributed by atoms with van der Waals surface area (Å²) in [4.78, 5) is 0. The van der Waals surface area contributed by atoms with Crippen molar-refractivity contribution in [2.45, 2.75) is 0 Å². The van der Waals surface area contributed by atoms with Gasteiger partial charge in [-0.3, -0.25) is 0 Å². The minimum absolute atomic E-state index is 0.0528. The predicted octanol–water partition coefficient (Wildman–Crippen LogP) is 0.210. The van der Waals surface area contributed by atoms with E-state index in [4.69, 9.17) is 15.1 Å². The topological polar surface area (TPSA) is 53.2 Å². The van der Waals surface area contributed by atoms with Gasteiger partial charge in [0.2, 0.25) is 0 Å². The maximum Gasteiger partial charge on any atom is 0.133 e.